The highest BCUT2D eigenvalue weighted by Crippen LogP contribution is 2.46. The van der Waals surface area contributed by atoms with Gasteiger partial charge in [-0.1, -0.05) is 51.2 Å². The fourth-order valence-corrected chi connectivity index (χ4v) is 5.14. The lowest BCUT2D eigenvalue weighted by molar-refractivity contribution is -0.137. The van der Waals surface area contributed by atoms with Gasteiger partial charge in [0.2, 0.25) is 5.91 Å². The highest BCUT2D eigenvalue weighted by atomic mass is 32.1. The van der Waals surface area contributed by atoms with E-state index in [-0.39, 0.29) is 18.9 Å². The molecule has 2 bridgehead atoms. The van der Waals surface area contributed by atoms with E-state index in [1.807, 2.05) is 0 Å². The number of carboxylic acid groups (broad SMARTS) is 1. The molecule has 0 spiro atoms. The molecule has 172 valence electrons. The summed E-state index contributed by atoms with van der Waals surface area (Å²) in [5.41, 5.74) is 0. The van der Waals surface area contributed by atoms with Crippen LogP contribution >= 0.6 is 12.2 Å². The summed E-state index contributed by atoms with van der Waals surface area (Å²) in [6, 6.07) is 0. The van der Waals surface area contributed by atoms with Crippen molar-refractivity contribution in [1.82, 2.24) is 10.6 Å². The second kappa shape index (κ2) is 14.0. The molecule has 0 aromatic heterocycles. The summed E-state index contributed by atoms with van der Waals surface area (Å²) in [4.78, 5) is 23.5. The monoisotopic (exact) mass is 440 g/mol. The minimum Gasteiger partial charge on any atom is -0.481 e. The van der Waals surface area contributed by atoms with Crippen molar-refractivity contribution in [3.63, 3.8) is 0 Å². The predicted molar refractivity (Wildman–Crippen MR) is 123 cm³/mol. The van der Waals surface area contributed by atoms with Crippen molar-refractivity contribution in [1.29, 1.82) is 0 Å². The van der Waals surface area contributed by atoms with E-state index in [4.69, 9.17) is 22.1 Å². The molecule has 2 aliphatic rings. The van der Waals surface area contributed by atoms with E-state index in [0.717, 1.165) is 69.2 Å². The number of hydrogen-bond acceptors (Lipinski definition) is 4. The zero-order valence-electron chi connectivity index (χ0n) is 18.5. The zero-order valence-corrected chi connectivity index (χ0v) is 19.3. The van der Waals surface area contributed by atoms with Crippen LogP contribution in [0.2, 0.25) is 0 Å². The third-order valence-electron chi connectivity index (χ3n) is 6.52. The molecular weight excluding hydrogens is 400 g/mol. The number of thiocarbonyl (C=S) groups is 1. The van der Waals surface area contributed by atoms with Gasteiger partial charge < -0.3 is 20.5 Å². The van der Waals surface area contributed by atoms with Crippen LogP contribution in [0.3, 0.4) is 0 Å². The van der Waals surface area contributed by atoms with Crippen LogP contribution in [0, 0.1) is 11.8 Å². The van der Waals surface area contributed by atoms with Gasteiger partial charge in [-0.25, -0.2) is 0 Å². The number of nitrogens with one attached hydrogen (secondary N) is 2. The Morgan fingerprint density at radius 3 is 2.30 bits per heavy atom. The number of aliphatic carboxylic acids is 1. The molecule has 0 saturated carbocycles. The topological polar surface area (TPSA) is 87.7 Å². The second-order valence-electron chi connectivity index (χ2n) is 8.84. The van der Waals surface area contributed by atoms with Crippen LogP contribution in [0.5, 0.6) is 0 Å². The van der Waals surface area contributed by atoms with E-state index in [2.05, 4.69) is 17.6 Å². The summed E-state index contributed by atoms with van der Waals surface area (Å²) in [6.07, 6.45) is 13.7. The Morgan fingerprint density at radius 1 is 0.933 bits per heavy atom. The molecule has 30 heavy (non-hydrogen) atoms. The Kier molecular flexibility index (Phi) is 11.7. The minimum absolute atomic E-state index is 0.00639. The fourth-order valence-electron chi connectivity index (χ4n) is 4.92. The Morgan fingerprint density at radius 2 is 1.60 bits per heavy atom. The summed E-state index contributed by atoms with van der Waals surface area (Å²) < 4.78 is 6.17. The van der Waals surface area contributed by atoms with Crippen LogP contribution in [-0.4, -0.2) is 47.3 Å². The lowest BCUT2D eigenvalue weighted by Gasteiger charge is -2.28. The summed E-state index contributed by atoms with van der Waals surface area (Å²) in [5.74, 6) is 0.426. The van der Waals surface area contributed by atoms with Crippen molar-refractivity contribution in [2.45, 2.75) is 103 Å². The molecule has 2 rings (SSSR count). The van der Waals surface area contributed by atoms with Crippen LogP contribution in [-0.2, 0) is 14.3 Å². The van der Waals surface area contributed by atoms with Gasteiger partial charge in [-0.2, -0.15) is 0 Å². The van der Waals surface area contributed by atoms with E-state index >= 15 is 0 Å². The summed E-state index contributed by atoms with van der Waals surface area (Å²) in [6.45, 7) is 3.12. The first-order valence-corrected chi connectivity index (χ1v) is 12.3. The molecule has 0 aliphatic carbocycles. The zero-order chi connectivity index (χ0) is 21.8. The SMILES string of the molecule is CCCCCC(=S)NCC(=O)NCCC1C2CCC(O2)C1CCCCCCC(=O)O. The van der Waals surface area contributed by atoms with Gasteiger partial charge in [-0.3, -0.25) is 9.59 Å². The number of carboxylic acids is 1. The summed E-state index contributed by atoms with van der Waals surface area (Å²) in [7, 11) is 0. The number of hydrogen-bond donors (Lipinski definition) is 3. The van der Waals surface area contributed by atoms with Crippen molar-refractivity contribution < 1.29 is 19.4 Å². The van der Waals surface area contributed by atoms with Crippen molar-refractivity contribution in [3.05, 3.63) is 0 Å². The van der Waals surface area contributed by atoms with Gasteiger partial charge in [0, 0.05) is 13.0 Å². The number of unbranched alkanes of at least 4 members (excludes halogenated alkanes) is 5. The van der Waals surface area contributed by atoms with Crippen LogP contribution in [0.25, 0.3) is 0 Å². The number of amides is 1. The highest BCUT2D eigenvalue weighted by Gasteiger charge is 2.47. The molecule has 1 amide bonds. The van der Waals surface area contributed by atoms with Crippen molar-refractivity contribution in [3.8, 4) is 0 Å². The van der Waals surface area contributed by atoms with Gasteiger partial charge >= 0.3 is 5.97 Å². The lowest BCUT2D eigenvalue weighted by atomic mass is 9.75. The molecule has 2 aliphatic heterocycles. The average Bonchev–Trinajstić information content (AvgIpc) is 3.31. The van der Waals surface area contributed by atoms with Crippen molar-refractivity contribution in [2.24, 2.45) is 11.8 Å². The van der Waals surface area contributed by atoms with Gasteiger partial charge in [0.05, 0.1) is 23.7 Å². The maximum Gasteiger partial charge on any atom is 0.303 e. The summed E-state index contributed by atoms with van der Waals surface area (Å²) in [5, 5.41) is 14.8. The smallest absolute Gasteiger partial charge is 0.303 e. The third kappa shape index (κ3) is 8.88. The van der Waals surface area contributed by atoms with E-state index in [1.54, 1.807) is 0 Å². The molecular formula is C23H40N2O4S. The Labute approximate surface area is 186 Å². The van der Waals surface area contributed by atoms with Gasteiger partial charge in [-0.15, -0.1) is 0 Å². The summed E-state index contributed by atoms with van der Waals surface area (Å²) >= 11 is 5.28. The number of fused-ring (bicyclic) bond motifs is 2. The standard InChI is InChI=1S/C23H40N2O4S/c1-2-3-6-10-22(30)25-16-21(26)24-15-14-18-17(19-12-13-20(18)29-19)9-7-4-5-8-11-23(27)28/h17-20H,2-16H2,1H3,(H,24,26)(H,25,30)(H,27,28). The number of ether oxygens (including phenoxy) is 1. The first kappa shape index (κ1) is 25.1. The van der Waals surface area contributed by atoms with Crippen molar-refractivity contribution >= 4 is 29.1 Å². The molecule has 4 atom stereocenters. The van der Waals surface area contributed by atoms with E-state index in [0.29, 0.717) is 30.6 Å². The minimum atomic E-state index is -0.702. The van der Waals surface area contributed by atoms with E-state index in [1.165, 1.54) is 12.8 Å². The number of carbonyl (C=O) groups excluding carboxylic acids is 1. The second-order valence-corrected chi connectivity index (χ2v) is 9.33. The first-order valence-electron chi connectivity index (χ1n) is 11.9. The van der Waals surface area contributed by atoms with Gasteiger partial charge in [-0.05, 0) is 56.8 Å². The third-order valence-corrected chi connectivity index (χ3v) is 6.87. The van der Waals surface area contributed by atoms with E-state index < -0.39 is 5.97 Å². The predicted octanol–water partition coefficient (Wildman–Crippen LogP) is 4.21. The fraction of sp³-hybridized carbons (Fsp3) is 0.870. The normalized spacial score (nSPS) is 24.7. The van der Waals surface area contributed by atoms with Crippen molar-refractivity contribution in [2.75, 3.05) is 13.1 Å². The molecule has 2 fully saturated rings. The molecule has 2 heterocycles. The molecule has 6 nitrogen and oxygen atoms in total. The van der Waals surface area contributed by atoms with Crippen LogP contribution < -0.4 is 10.6 Å². The van der Waals surface area contributed by atoms with Crippen LogP contribution in [0.4, 0.5) is 0 Å². The van der Waals surface area contributed by atoms with Gasteiger partial charge in [0.1, 0.15) is 0 Å². The lowest BCUT2D eigenvalue weighted by Crippen LogP contribution is -2.38. The Balaban J connectivity index is 1.60. The maximum atomic E-state index is 12.1. The molecule has 4 unspecified atom stereocenters. The van der Waals surface area contributed by atoms with E-state index in [9.17, 15) is 9.59 Å². The Hall–Kier alpha value is -1.21. The average molecular weight is 441 g/mol. The van der Waals surface area contributed by atoms with Gasteiger partial charge in [0.25, 0.3) is 0 Å². The highest BCUT2D eigenvalue weighted by molar-refractivity contribution is 7.80. The maximum absolute atomic E-state index is 12.1. The molecule has 2 saturated heterocycles. The van der Waals surface area contributed by atoms with Gasteiger partial charge in [0.15, 0.2) is 0 Å². The quantitative estimate of drug-likeness (QED) is 0.246. The molecule has 7 heteroatoms. The largest absolute Gasteiger partial charge is 0.481 e. The van der Waals surface area contributed by atoms with Crippen LogP contribution in [0.15, 0.2) is 0 Å². The molecule has 3 N–H and O–H groups in total. The number of carbonyl (C=O) groups is 2. The first-order chi connectivity index (χ1) is 14.5. The van der Waals surface area contributed by atoms with Crippen LogP contribution in [0.1, 0.15) is 90.4 Å². The molecule has 0 aromatic carbocycles. The number of rotatable bonds is 16. The molecule has 0 aromatic rings. The Bertz CT molecular complexity index is 557. The molecule has 0 radical (unpaired) electrons.